The van der Waals surface area contributed by atoms with E-state index >= 15 is 0 Å². The molecule has 3 aromatic rings. The van der Waals surface area contributed by atoms with Crippen LogP contribution in [0.4, 0.5) is 11.4 Å². The number of ketones is 1. The number of rotatable bonds is 8. The van der Waals surface area contributed by atoms with Gasteiger partial charge in [0, 0.05) is 23.7 Å². The summed E-state index contributed by atoms with van der Waals surface area (Å²) in [5.74, 6) is -1.16. The Kier molecular flexibility index (Phi) is 5.93. The van der Waals surface area contributed by atoms with Gasteiger partial charge in [0.1, 0.15) is 0 Å². The molecule has 1 atom stereocenters. The van der Waals surface area contributed by atoms with Gasteiger partial charge in [-0.25, -0.2) is 0 Å². The fourth-order valence-electron chi connectivity index (χ4n) is 4.13. The first-order valence-corrected chi connectivity index (χ1v) is 10.4. The largest absolute Gasteiger partial charge is 0.490 e. The number of benzene rings is 3. The third-order valence-electron chi connectivity index (χ3n) is 5.82. The normalized spacial score (nSPS) is 17.0. The first kappa shape index (κ1) is 22.2. The Balaban J connectivity index is 1.62. The molecular formula is C25H22N2O6. The molecule has 1 N–H and O–H groups in total. The van der Waals surface area contributed by atoms with E-state index in [0.29, 0.717) is 24.2 Å². The Morgan fingerprint density at radius 2 is 1.79 bits per heavy atom. The van der Waals surface area contributed by atoms with E-state index in [0.717, 1.165) is 11.6 Å². The van der Waals surface area contributed by atoms with Crippen LogP contribution in [0.2, 0.25) is 0 Å². The fraction of sp³-hybridized carbons (Fsp3) is 0.200. The molecule has 0 unspecified atom stereocenters. The van der Waals surface area contributed by atoms with E-state index in [4.69, 9.17) is 4.74 Å². The number of carbonyl (C=O) groups is 2. The highest BCUT2D eigenvalue weighted by Gasteiger charge is 2.50. The highest BCUT2D eigenvalue weighted by molar-refractivity contribution is 6.10. The number of Topliss-reactive ketones (excluding diaryl/α,β-unsaturated/α-hetero) is 1. The summed E-state index contributed by atoms with van der Waals surface area (Å²) in [5.41, 5.74) is -0.463. The molecule has 8 nitrogen and oxygen atoms in total. The molecule has 0 saturated carbocycles. The number of para-hydroxylation sites is 1. The van der Waals surface area contributed by atoms with E-state index in [1.54, 1.807) is 24.3 Å². The van der Waals surface area contributed by atoms with Crippen molar-refractivity contribution in [1.29, 1.82) is 0 Å². The summed E-state index contributed by atoms with van der Waals surface area (Å²) in [5, 5.41) is 22.7. The van der Waals surface area contributed by atoms with Crippen LogP contribution in [0.15, 0.2) is 72.8 Å². The third-order valence-corrected chi connectivity index (χ3v) is 5.82. The molecule has 3 aromatic carbocycles. The van der Waals surface area contributed by atoms with Gasteiger partial charge in [-0.05, 0) is 30.2 Å². The lowest BCUT2D eigenvalue weighted by Gasteiger charge is -2.23. The summed E-state index contributed by atoms with van der Waals surface area (Å²) in [4.78, 5) is 38.5. The molecular weight excluding hydrogens is 424 g/mol. The third kappa shape index (κ3) is 4.08. The molecule has 33 heavy (non-hydrogen) atoms. The molecule has 1 aliphatic rings. The lowest BCUT2D eigenvalue weighted by molar-refractivity contribution is -0.385. The van der Waals surface area contributed by atoms with Crippen LogP contribution in [-0.2, 0) is 16.8 Å². The van der Waals surface area contributed by atoms with Crippen molar-refractivity contribution in [2.75, 3.05) is 18.6 Å². The van der Waals surface area contributed by atoms with Gasteiger partial charge in [-0.15, -0.1) is 0 Å². The van der Waals surface area contributed by atoms with Crippen molar-refractivity contribution in [3.8, 4) is 5.75 Å². The zero-order chi connectivity index (χ0) is 23.6. The number of ether oxygens (including phenoxy) is 1. The standard InChI is InChI=1S/C25H22N2O6/c1-33-23-12-11-18(15-21(23)27(31)32)22(28)16-25(30)19-9-5-6-10-20(19)26(24(25)29)14-13-17-7-3-2-4-8-17/h2-12,15,30H,13-14,16H2,1H3/t25-/m1/s1. The van der Waals surface area contributed by atoms with Crippen LogP contribution in [0.3, 0.4) is 0 Å². The summed E-state index contributed by atoms with van der Waals surface area (Å²) >= 11 is 0. The Hall–Kier alpha value is -4.04. The van der Waals surface area contributed by atoms with Crippen LogP contribution in [-0.4, -0.2) is 35.4 Å². The molecule has 0 spiro atoms. The molecule has 0 bridgehead atoms. The second-order valence-corrected chi connectivity index (χ2v) is 7.81. The predicted molar refractivity (Wildman–Crippen MR) is 121 cm³/mol. The average Bonchev–Trinajstić information content (AvgIpc) is 3.04. The van der Waals surface area contributed by atoms with Crippen molar-refractivity contribution < 1.29 is 24.4 Å². The van der Waals surface area contributed by atoms with Gasteiger partial charge in [0.2, 0.25) is 0 Å². The molecule has 0 fully saturated rings. The number of carbonyl (C=O) groups excluding carboxylic acids is 2. The summed E-state index contributed by atoms with van der Waals surface area (Å²) in [6, 6.07) is 20.3. The number of aliphatic hydroxyl groups is 1. The smallest absolute Gasteiger partial charge is 0.311 e. The van der Waals surface area contributed by atoms with Gasteiger partial charge in [-0.2, -0.15) is 0 Å². The van der Waals surface area contributed by atoms with Crippen LogP contribution in [0.5, 0.6) is 5.75 Å². The van der Waals surface area contributed by atoms with Gasteiger partial charge in [0.05, 0.1) is 24.1 Å². The molecule has 0 aromatic heterocycles. The number of nitrogens with zero attached hydrogens (tertiary/aromatic N) is 2. The van der Waals surface area contributed by atoms with Gasteiger partial charge < -0.3 is 14.7 Å². The number of nitro groups is 1. The summed E-state index contributed by atoms with van der Waals surface area (Å²) in [6.07, 6.45) is 0.0454. The topological polar surface area (TPSA) is 110 Å². The summed E-state index contributed by atoms with van der Waals surface area (Å²) in [6.45, 7) is 0.338. The number of amides is 1. The minimum Gasteiger partial charge on any atom is -0.490 e. The molecule has 1 amide bonds. The second kappa shape index (κ2) is 8.84. The molecule has 0 aliphatic carbocycles. The van der Waals surface area contributed by atoms with Crippen LogP contribution in [0.1, 0.15) is 27.9 Å². The predicted octanol–water partition coefficient (Wildman–Crippen LogP) is 3.65. The van der Waals surface area contributed by atoms with Gasteiger partial charge >= 0.3 is 5.69 Å². The van der Waals surface area contributed by atoms with Gasteiger partial charge in [0.25, 0.3) is 5.91 Å². The molecule has 1 heterocycles. The number of nitro benzene ring substituents is 1. The molecule has 1 aliphatic heterocycles. The first-order chi connectivity index (χ1) is 15.8. The summed E-state index contributed by atoms with van der Waals surface area (Å²) in [7, 11) is 1.30. The number of hydrogen-bond acceptors (Lipinski definition) is 6. The van der Waals surface area contributed by atoms with Crippen LogP contribution in [0.25, 0.3) is 0 Å². The van der Waals surface area contributed by atoms with Crippen molar-refractivity contribution in [2.24, 2.45) is 0 Å². The number of anilines is 1. The number of fused-ring (bicyclic) bond motifs is 1. The van der Waals surface area contributed by atoms with Crippen molar-refractivity contribution in [3.05, 3.63) is 99.6 Å². The van der Waals surface area contributed by atoms with Crippen molar-refractivity contribution in [1.82, 2.24) is 0 Å². The van der Waals surface area contributed by atoms with E-state index in [9.17, 15) is 24.8 Å². The number of methoxy groups -OCH3 is 1. The Labute approximate surface area is 190 Å². The highest BCUT2D eigenvalue weighted by atomic mass is 16.6. The minimum atomic E-state index is -2.06. The minimum absolute atomic E-state index is 0.0175. The van der Waals surface area contributed by atoms with E-state index in [1.807, 2.05) is 30.3 Å². The first-order valence-electron chi connectivity index (χ1n) is 10.4. The van der Waals surface area contributed by atoms with Crippen LogP contribution in [0, 0.1) is 10.1 Å². The molecule has 168 valence electrons. The van der Waals surface area contributed by atoms with E-state index in [-0.39, 0.29) is 17.0 Å². The van der Waals surface area contributed by atoms with Gasteiger partial charge in [-0.1, -0.05) is 48.5 Å². The maximum atomic E-state index is 13.3. The van der Waals surface area contributed by atoms with Gasteiger partial charge in [-0.3, -0.25) is 19.7 Å². The number of hydrogen-bond donors (Lipinski definition) is 1. The van der Waals surface area contributed by atoms with Crippen LogP contribution >= 0.6 is 0 Å². The van der Waals surface area contributed by atoms with Crippen molar-refractivity contribution in [3.63, 3.8) is 0 Å². The average molecular weight is 446 g/mol. The van der Waals surface area contributed by atoms with Crippen LogP contribution < -0.4 is 9.64 Å². The van der Waals surface area contributed by atoms with Crippen molar-refractivity contribution in [2.45, 2.75) is 18.4 Å². The molecule has 0 saturated heterocycles. The highest BCUT2D eigenvalue weighted by Crippen LogP contribution is 2.43. The zero-order valence-corrected chi connectivity index (χ0v) is 17.9. The molecule has 0 radical (unpaired) electrons. The lowest BCUT2D eigenvalue weighted by atomic mass is 9.88. The maximum absolute atomic E-state index is 13.3. The monoisotopic (exact) mass is 446 g/mol. The Morgan fingerprint density at radius 3 is 2.48 bits per heavy atom. The molecule has 4 rings (SSSR count). The fourth-order valence-corrected chi connectivity index (χ4v) is 4.13. The Morgan fingerprint density at radius 1 is 1.09 bits per heavy atom. The summed E-state index contributed by atoms with van der Waals surface area (Å²) < 4.78 is 4.97. The van der Waals surface area contributed by atoms with Crippen molar-refractivity contribution >= 4 is 23.1 Å². The van der Waals surface area contributed by atoms with E-state index in [1.165, 1.54) is 24.1 Å². The second-order valence-electron chi connectivity index (χ2n) is 7.81. The lowest BCUT2D eigenvalue weighted by Crippen LogP contribution is -2.42. The zero-order valence-electron chi connectivity index (χ0n) is 17.9. The SMILES string of the molecule is COc1ccc(C(=O)C[C@]2(O)C(=O)N(CCc3ccccc3)c3ccccc32)cc1[N+](=O)[O-]. The Bertz CT molecular complexity index is 1230. The van der Waals surface area contributed by atoms with Gasteiger partial charge in [0.15, 0.2) is 17.1 Å². The van der Waals surface area contributed by atoms with E-state index in [2.05, 4.69) is 0 Å². The maximum Gasteiger partial charge on any atom is 0.311 e. The molecule has 8 heteroatoms. The van der Waals surface area contributed by atoms with E-state index < -0.39 is 28.6 Å². The quantitative estimate of drug-likeness (QED) is 0.321.